The summed E-state index contributed by atoms with van der Waals surface area (Å²) in [6.45, 7) is 2.84. The summed E-state index contributed by atoms with van der Waals surface area (Å²) in [5.74, 6) is 1.59. The van der Waals surface area contributed by atoms with Crippen LogP contribution in [0.2, 0.25) is 0 Å². The van der Waals surface area contributed by atoms with Gasteiger partial charge in [-0.1, -0.05) is 25.1 Å². The van der Waals surface area contributed by atoms with Gasteiger partial charge in [-0.2, -0.15) is 0 Å². The van der Waals surface area contributed by atoms with Gasteiger partial charge < -0.3 is 9.84 Å². The molecule has 1 aromatic carbocycles. The lowest BCUT2D eigenvalue weighted by Gasteiger charge is -2.26. The Kier molecular flexibility index (Phi) is 3.83. The number of benzene rings is 1. The molecule has 0 radical (unpaired) electrons. The van der Waals surface area contributed by atoms with Gasteiger partial charge in [-0.05, 0) is 43.2 Å². The molecule has 0 aliphatic carbocycles. The number of rotatable bonds is 4. The Bertz CT molecular complexity index is 335. The molecule has 1 heterocycles. The van der Waals surface area contributed by atoms with Crippen molar-refractivity contribution in [2.24, 2.45) is 0 Å². The second kappa shape index (κ2) is 5.35. The molecule has 16 heavy (non-hydrogen) atoms. The van der Waals surface area contributed by atoms with E-state index in [0.29, 0.717) is 5.92 Å². The topological polar surface area (TPSA) is 29.5 Å². The standard InChI is InChI=1S/C14H20O2/c1-2-12(15)8-7-11-9-10-16-14-6-4-3-5-13(11)14/h3-6,11-12,15H,2,7-10H2,1H3. The van der Waals surface area contributed by atoms with E-state index in [9.17, 15) is 5.11 Å². The number of aliphatic hydroxyl groups excluding tert-OH is 1. The van der Waals surface area contributed by atoms with Crippen molar-refractivity contribution < 1.29 is 9.84 Å². The average molecular weight is 220 g/mol. The summed E-state index contributed by atoms with van der Waals surface area (Å²) in [5, 5.41) is 9.61. The summed E-state index contributed by atoms with van der Waals surface area (Å²) >= 11 is 0. The number of hydrogen-bond donors (Lipinski definition) is 1. The first-order valence-corrected chi connectivity index (χ1v) is 6.21. The van der Waals surface area contributed by atoms with Crippen molar-refractivity contribution in [3.8, 4) is 5.75 Å². The van der Waals surface area contributed by atoms with Gasteiger partial charge in [-0.15, -0.1) is 0 Å². The van der Waals surface area contributed by atoms with E-state index < -0.39 is 0 Å². The zero-order valence-corrected chi connectivity index (χ0v) is 9.86. The van der Waals surface area contributed by atoms with Crippen LogP contribution in [-0.4, -0.2) is 17.8 Å². The number of hydrogen-bond acceptors (Lipinski definition) is 2. The van der Waals surface area contributed by atoms with Crippen LogP contribution >= 0.6 is 0 Å². The molecule has 0 saturated heterocycles. The molecule has 0 spiro atoms. The van der Waals surface area contributed by atoms with E-state index in [4.69, 9.17) is 4.74 Å². The maximum Gasteiger partial charge on any atom is 0.122 e. The summed E-state index contributed by atoms with van der Waals surface area (Å²) in [7, 11) is 0. The van der Waals surface area contributed by atoms with E-state index in [1.165, 1.54) is 5.56 Å². The van der Waals surface area contributed by atoms with Crippen molar-refractivity contribution in [1.29, 1.82) is 0 Å². The van der Waals surface area contributed by atoms with Crippen LogP contribution in [0.1, 0.15) is 44.1 Å². The van der Waals surface area contributed by atoms with Crippen LogP contribution in [-0.2, 0) is 0 Å². The highest BCUT2D eigenvalue weighted by molar-refractivity contribution is 5.37. The number of aliphatic hydroxyl groups is 1. The van der Waals surface area contributed by atoms with Gasteiger partial charge in [-0.3, -0.25) is 0 Å². The lowest BCUT2D eigenvalue weighted by Crippen LogP contribution is -2.16. The molecule has 1 aliphatic rings. The summed E-state index contributed by atoms with van der Waals surface area (Å²) in [6.07, 6.45) is 3.75. The molecule has 0 amide bonds. The predicted octanol–water partition coefficient (Wildman–Crippen LogP) is 3.10. The lowest BCUT2D eigenvalue weighted by molar-refractivity contribution is 0.150. The van der Waals surface area contributed by atoms with E-state index in [1.807, 2.05) is 19.1 Å². The minimum atomic E-state index is -0.144. The van der Waals surface area contributed by atoms with E-state index in [-0.39, 0.29) is 6.10 Å². The molecule has 88 valence electrons. The molecular formula is C14H20O2. The van der Waals surface area contributed by atoms with Crippen molar-refractivity contribution in [1.82, 2.24) is 0 Å². The van der Waals surface area contributed by atoms with Crippen molar-refractivity contribution in [2.45, 2.75) is 44.6 Å². The lowest BCUT2D eigenvalue weighted by atomic mass is 9.88. The Balaban J connectivity index is 2.01. The monoisotopic (exact) mass is 220 g/mol. The first-order valence-electron chi connectivity index (χ1n) is 6.21. The van der Waals surface area contributed by atoms with Crippen molar-refractivity contribution in [3.63, 3.8) is 0 Å². The molecule has 0 aromatic heterocycles. The van der Waals surface area contributed by atoms with Crippen LogP contribution in [0.5, 0.6) is 5.75 Å². The maximum atomic E-state index is 9.61. The first-order chi connectivity index (χ1) is 7.81. The maximum absolute atomic E-state index is 9.61. The summed E-state index contributed by atoms with van der Waals surface area (Å²) < 4.78 is 5.62. The number of fused-ring (bicyclic) bond motifs is 1. The minimum absolute atomic E-state index is 0.144. The third kappa shape index (κ3) is 2.56. The Morgan fingerprint density at radius 1 is 1.44 bits per heavy atom. The Labute approximate surface area is 97.3 Å². The van der Waals surface area contributed by atoms with Crippen LogP contribution in [0.4, 0.5) is 0 Å². The zero-order valence-electron chi connectivity index (χ0n) is 9.86. The fourth-order valence-electron chi connectivity index (χ4n) is 2.31. The van der Waals surface area contributed by atoms with Crippen LogP contribution in [0.15, 0.2) is 24.3 Å². The van der Waals surface area contributed by atoms with Gasteiger partial charge in [0.15, 0.2) is 0 Å². The van der Waals surface area contributed by atoms with E-state index >= 15 is 0 Å². The predicted molar refractivity (Wildman–Crippen MR) is 64.8 cm³/mol. The van der Waals surface area contributed by atoms with Gasteiger partial charge >= 0.3 is 0 Å². The summed E-state index contributed by atoms with van der Waals surface area (Å²) in [4.78, 5) is 0. The molecule has 0 fully saturated rings. The Morgan fingerprint density at radius 3 is 3.06 bits per heavy atom. The normalized spacial score (nSPS) is 21.0. The summed E-state index contributed by atoms with van der Waals surface area (Å²) in [5.41, 5.74) is 1.32. The van der Waals surface area contributed by atoms with Crippen LogP contribution in [0.3, 0.4) is 0 Å². The van der Waals surface area contributed by atoms with Crippen molar-refractivity contribution in [3.05, 3.63) is 29.8 Å². The van der Waals surface area contributed by atoms with Gasteiger partial charge in [0.1, 0.15) is 5.75 Å². The van der Waals surface area contributed by atoms with Gasteiger partial charge in [-0.25, -0.2) is 0 Å². The SMILES string of the molecule is CCC(O)CCC1CCOc2ccccc21. The second-order valence-corrected chi connectivity index (χ2v) is 4.51. The molecule has 0 saturated carbocycles. The third-order valence-corrected chi connectivity index (χ3v) is 3.40. The minimum Gasteiger partial charge on any atom is -0.493 e. The molecule has 2 unspecified atom stereocenters. The Morgan fingerprint density at radius 2 is 2.25 bits per heavy atom. The molecule has 2 rings (SSSR count). The van der Waals surface area contributed by atoms with Gasteiger partial charge in [0.2, 0.25) is 0 Å². The van der Waals surface area contributed by atoms with E-state index in [1.54, 1.807) is 0 Å². The second-order valence-electron chi connectivity index (χ2n) is 4.51. The number of para-hydroxylation sites is 1. The third-order valence-electron chi connectivity index (χ3n) is 3.40. The summed E-state index contributed by atoms with van der Waals surface area (Å²) in [6, 6.07) is 8.27. The molecule has 2 nitrogen and oxygen atoms in total. The first kappa shape index (κ1) is 11.5. The average Bonchev–Trinajstić information content (AvgIpc) is 2.35. The zero-order chi connectivity index (χ0) is 11.4. The van der Waals surface area contributed by atoms with Crippen LogP contribution < -0.4 is 4.74 Å². The fourth-order valence-corrected chi connectivity index (χ4v) is 2.31. The van der Waals surface area contributed by atoms with E-state index in [2.05, 4.69) is 12.1 Å². The molecule has 2 atom stereocenters. The van der Waals surface area contributed by atoms with E-state index in [0.717, 1.165) is 38.0 Å². The highest BCUT2D eigenvalue weighted by atomic mass is 16.5. The molecule has 1 N–H and O–H groups in total. The van der Waals surface area contributed by atoms with Crippen molar-refractivity contribution >= 4 is 0 Å². The van der Waals surface area contributed by atoms with Gasteiger partial charge in [0, 0.05) is 0 Å². The molecule has 1 aliphatic heterocycles. The molecular weight excluding hydrogens is 200 g/mol. The van der Waals surface area contributed by atoms with Gasteiger partial charge in [0.25, 0.3) is 0 Å². The van der Waals surface area contributed by atoms with Crippen LogP contribution in [0.25, 0.3) is 0 Å². The number of ether oxygens (including phenoxy) is 1. The molecule has 2 heteroatoms. The van der Waals surface area contributed by atoms with Crippen LogP contribution in [0, 0.1) is 0 Å². The van der Waals surface area contributed by atoms with Crippen molar-refractivity contribution in [2.75, 3.05) is 6.61 Å². The quantitative estimate of drug-likeness (QED) is 0.844. The highest BCUT2D eigenvalue weighted by Gasteiger charge is 2.21. The molecule has 0 bridgehead atoms. The fraction of sp³-hybridized carbons (Fsp3) is 0.571. The highest BCUT2D eigenvalue weighted by Crippen LogP contribution is 2.36. The molecule has 1 aromatic rings. The Hall–Kier alpha value is -1.02. The smallest absolute Gasteiger partial charge is 0.122 e. The van der Waals surface area contributed by atoms with Gasteiger partial charge in [0.05, 0.1) is 12.7 Å². The largest absolute Gasteiger partial charge is 0.493 e.